The van der Waals surface area contributed by atoms with Gasteiger partial charge in [0.25, 0.3) is 0 Å². The Morgan fingerprint density at radius 1 is 1.44 bits per heavy atom. The molecule has 3 atom stereocenters. The normalized spacial score (nSPS) is 28.5. The topological polar surface area (TPSA) is 92.3 Å². The van der Waals surface area contributed by atoms with E-state index in [0.29, 0.717) is 17.6 Å². The number of aliphatic hydroxyl groups is 1. The first-order valence-corrected chi connectivity index (χ1v) is 9.12. The van der Waals surface area contributed by atoms with Gasteiger partial charge in [-0.15, -0.1) is 0 Å². The highest BCUT2D eigenvalue weighted by atomic mass is 16.5. The number of aliphatic hydroxyl groups excluding tert-OH is 1. The molecule has 27 heavy (non-hydrogen) atoms. The summed E-state index contributed by atoms with van der Waals surface area (Å²) in [5.41, 5.74) is 3.23. The Morgan fingerprint density at radius 3 is 3.00 bits per heavy atom. The van der Waals surface area contributed by atoms with E-state index in [9.17, 15) is 14.7 Å². The number of carbonyl (C=O) groups excluding carboxylic acids is 2. The molecule has 1 heterocycles. The second-order valence-electron chi connectivity index (χ2n) is 7.43. The third-order valence-corrected chi connectivity index (χ3v) is 6.26. The molecule has 4 rings (SSSR count). The summed E-state index contributed by atoms with van der Waals surface area (Å²) in [5, 5.41) is 17.2. The SMILES string of the molecule is COC(=O)c1cccc([C@@]23CC(=CO)C(=O)[C@@H](C)[C@H]2CCc2c[nH]nc23)c1. The summed E-state index contributed by atoms with van der Waals surface area (Å²) in [6, 6.07) is 7.36. The molecule has 1 aromatic heterocycles. The van der Waals surface area contributed by atoms with Crippen LogP contribution in [0.15, 0.2) is 42.3 Å². The maximum atomic E-state index is 12.7. The van der Waals surface area contributed by atoms with Gasteiger partial charge in [-0.1, -0.05) is 19.1 Å². The Morgan fingerprint density at radius 2 is 2.26 bits per heavy atom. The van der Waals surface area contributed by atoms with E-state index in [4.69, 9.17) is 4.74 Å². The molecule has 2 aliphatic rings. The van der Waals surface area contributed by atoms with Crippen LogP contribution in [0.5, 0.6) is 0 Å². The van der Waals surface area contributed by atoms with Gasteiger partial charge in [-0.3, -0.25) is 9.89 Å². The maximum Gasteiger partial charge on any atom is 0.337 e. The van der Waals surface area contributed by atoms with Gasteiger partial charge in [0.05, 0.1) is 24.6 Å². The molecule has 0 amide bonds. The Balaban J connectivity index is 1.97. The third kappa shape index (κ3) is 2.43. The first kappa shape index (κ1) is 17.5. The smallest absolute Gasteiger partial charge is 0.337 e. The number of methoxy groups -OCH3 is 1. The molecule has 1 fully saturated rings. The number of ketones is 1. The van der Waals surface area contributed by atoms with E-state index in [0.717, 1.165) is 35.9 Å². The number of aromatic nitrogens is 2. The summed E-state index contributed by atoms with van der Waals surface area (Å²) in [6.45, 7) is 1.92. The van der Waals surface area contributed by atoms with Gasteiger partial charge in [0.2, 0.25) is 0 Å². The van der Waals surface area contributed by atoms with Gasteiger partial charge < -0.3 is 9.84 Å². The number of Topliss-reactive ketones (excluding diaryl/α,β-unsaturated/α-hetero) is 1. The van der Waals surface area contributed by atoms with E-state index in [2.05, 4.69) is 10.2 Å². The van der Waals surface area contributed by atoms with Crippen LogP contribution in [0.25, 0.3) is 0 Å². The van der Waals surface area contributed by atoms with Crippen molar-refractivity contribution in [2.45, 2.75) is 31.6 Å². The molecular weight excluding hydrogens is 344 g/mol. The number of allylic oxidation sites excluding steroid dienone is 1. The van der Waals surface area contributed by atoms with E-state index in [1.807, 2.05) is 31.3 Å². The molecule has 0 spiro atoms. The van der Waals surface area contributed by atoms with Gasteiger partial charge in [-0.05, 0) is 48.4 Å². The quantitative estimate of drug-likeness (QED) is 0.484. The van der Waals surface area contributed by atoms with Crippen molar-refractivity contribution < 1.29 is 19.4 Å². The standard InChI is InChI=1S/C21H22N2O4/c1-12-17-7-6-14-10-22-23-19(14)21(17,9-15(11-24)18(12)25)16-5-3-4-13(8-16)20(26)27-2/h3-5,8,10-12,17,24H,6-7,9H2,1-2H3,(H,22,23)/t12-,17+,21-/m0/s1. The molecule has 0 bridgehead atoms. The van der Waals surface area contributed by atoms with Gasteiger partial charge >= 0.3 is 5.97 Å². The Hall–Kier alpha value is -2.89. The van der Waals surface area contributed by atoms with Crippen LogP contribution in [0.2, 0.25) is 0 Å². The van der Waals surface area contributed by atoms with Crippen molar-refractivity contribution in [3.05, 3.63) is 64.7 Å². The van der Waals surface area contributed by atoms with Crippen molar-refractivity contribution in [3.8, 4) is 0 Å². The molecule has 2 aromatic rings. The number of nitrogens with one attached hydrogen (secondary N) is 1. The highest BCUT2D eigenvalue weighted by Gasteiger charge is 2.55. The van der Waals surface area contributed by atoms with Crippen molar-refractivity contribution in [1.29, 1.82) is 0 Å². The predicted molar refractivity (Wildman–Crippen MR) is 98.5 cm³/mol. The van der Waals surface area contributed by atoms with E-state index >= 15 is 0 Å². The molecule has 140 valence electrons. The highest BCUT2D eigenvalue weighted by Crippen LogP contribution is 2.55. The molecule has 6 nitrogen and oxygen atoms in total. The van der Waals surface area contributed by atoms with E-state index in [1.165, 1.54) is 7.11 Å². The third-order valence-electron chi connectivity index (χ3n) is 6.26. The number of aromatic amines is 1. The predicted octanol–water partition coefficient (Wildman–Crippen LogP) is 3.10. The Bertz CT molecular complexity index is 945. The number of nitrogens with zero attached hydrogens (tertiary/aromatic N) is 1. The molecule has 1 saturated carbocycles. The highest BCUT2D eigenvalue weighted by molar-refractivity contribution is 5.98. The minimum atomic E-state index is -0.570. The Kier molecular flexibility index (Phi) is 4.13. The van der Waals surface area contributed by atoms with Crippen molar-refractivity contribution in [2.24, 2.45) is 11.8 Å². The molecule has 0 unspecified atom stereocenters. The molecule has 0 aliphatic heterocycles. The average molecular weight is 366 g/mol. The summed E-state index contributed by atoms with van der Waals surface area (Å²) in [4.78, 5) is 24.8. The number of hydrogen-bond acceptors (Lipinski definition) is 5. The van der Waals surface area contributed by atoms with Crippen LogP contribution in [0.3, 0.4) is 0 Å². The van der Waals surface area contributed by atoms with E-state index < -0.39 is 11.4 Å². The van der Waals surface area contributed by atoms with Crippen molar-refractivity contribution in [2.75, 3.05) is 7.11 Å². The lowest BCUT2D eigenvalue weighted by atomic mass is 9.52. The van der Waals surface area contributed by atoms with Gasteiger partial charge in [0.15, 0.2) is 5.78 Å². The van der Waals surface area contributed by atoms with E-state index in [1.54, 1.807) is 6.07 Å². The van der Waals surface area contributed by atoms with Crippen molar-refractivity contribution in [1.82, 2.24) is 10.2 Å². The zero-order valence-corrected chi connectivity index (χ0v) is 15.4. The van der Waals surface area contributed by atoms with Gasteiger partial charge in [0.1, 0.15) is 0 Å². The summed E-state index contributed by atoms with van der Waals surface area (Å²) in [5.74, 6) is -0.622. The molecule has 6 heteroatoms. The largest absolute Gasteiger partial charge is 0.515 e. The minimum absolute atomic E-state index is 0.0127. The summed E-state index contributed by atoms with van der Waals surface area (Å²) < 4.78 is 4.88. The van der Waals surface area contributed by atoms with Crippen LogP contribution in [0.4, 0.5) is 0 Å². The number of esters is 1. The zero-order valence-electron chi connectivity index (χ0n) is 15.4. The van der Waals surface area contributed by atoms with E-state index in [-0.39, 0.29) is 17.6 Å². The lowest BCUT2D eigenvalue weighted by molar-refractivity contribution is -0.123. The number of rotatable bonds is 2. The number of aryl methyl sites for hydroxylation is 1. The number of hydrogen-bond donors (Lipinski definition) is 2. The second-order valence-corrected chi connectivity index (χ2v) is 7.43. The van der Waals surface area contributed by atoms with Crippen molar-refractivity contribution in [3.63, 3.8) is 0 Å². The summed E-state index contributed by atoms with van der Waals surface area (Å²) in [7, 11) is 1.36. The molecule has 2 aliphatic carbocycles. The fourth-order valence-corrected chi connectivity index (χ4v) is 4.98. The Labute approximate surface area is 157 Å². The lowest BCUT2D eigenvalue weighted by Crippen LogP contribution is -2.50. The van der Waals surface area contributed by atoms with Crippen LogP contribution in [0, 0.1) is 11.8 Å². The molecule has 2 N–H and O–H groups in total. The summed E-state index contributed by atoms with van der Waals surface area (Å²) >= 11 is 0. The molecule has 0 saturated heterocycles. The van der Waals surface area contributed by atoms with Gasteiger partial charge in [-0.25, -0.2) is 4.79 Å². The van der Waals surface area contributed by atoms with Crippen LogP contribution in [-0.2, 0) is 21.4 Å². The van der Waals surface area contributed by atoms with Crippen LogP contribution in [-0.4, -0.2) is 34.2 Å². The molecule has 0 radical (unpaired) electrons. The number of ether oxygens (including phenoxy) is 1. The average Bonchev–Trinajstić information content (AvgIpc) is 3.19. The lowest BCUT2D eigenvalue weighted by Gasteiger charge is -2.49. The van der Waals surface area contributed by atoms with Crippen LogP contribution < -0.4 is 0 Å². The number of fused-ring (bicyclic) bond motifs is 3. The fraction of sp³-hybridized carbons (Fsp3) is 0.381. The van der Waals surface area contributed by atoms with Crippen LogP contribution >= 0.6 is 0 Å². The van der Waals surface area contributed by atoms with Gasteiger partial charge in [-0.2, -0.15) is 5.10 Å². The van der Waals surface area contributed by atoms with Crippen molar-refractivity contribution >= 4 is 11.8 Å². The zero-order chi connectivity index (χ0) is 19.2. The number of carbonyl (C=O) groups is 2. The molecule has 1 aromatic carbocycles. The minimum Gasteiger partial charge on any atom is -0.515 e. The first-order chi connectivity index (χ1) is 13.0. The monoisotopic (exact) mass is 366 g/mol. The first-order valence-electron chi connectivity index (χ1n) is 9.12. The fourth-order valence-electron chi connectivity index (χ4n) is 4.98. The number of benzene rings is 1. The maximum absolute atomic E-state index is 12.7. The summed E-state index contributed by atoms with van der Waals surface area (Å²) in [6.07, 6.45) is 4.90. The molecular formula is C21H22N2O4. The van der Waals surface area contributed by atoms with Gasteiger partial charge in [0, 0.05) is 23.1 Å². The second kappa shape index (κ2) is 6.37. The van der Waals surface area contributed by atoms with Crippen LogP contribution in [0.1, 0.15) is 46.9 Å². The number of H-pyrrole nitrogens is 1.